The van der Waals surface area contributed by atoms with E-state index in [9.17, 15) is 9.18 Å². The summed E-state index contributed by atoms with van der Waals surface area (Å²) in [6.45, 7) is 2.57. The fraction of sp³-hybridized carbons (Fsp3) is 0.462. The Morgan fingerprint density at radius 1 is 1.53 bits per heavy atom. The number of hydrogen-bond acceptors (Lipinski definition) is 3. The van der Waals surface area contributed by atoms with Crippen LogP contribution in [-0.2, 0) is 0 Å². The fourth-order valence-corrected chi connectivity index (χ4v) is 2.46. The summed E-state index contributed by atoms with van der Waals surface area (Å²) < 4.78 is 13.1. The van der Waals surface area contributed by atoms with Crippen LogP contribution in [0.25, 0.3) is 0 Å². The molecule has 4 nitrogen and oxygen atoms in total. The highest BCUT2D eigenvalue weighted by atomic mass is 35.5. The van der Waals surface area contributed by atoms with E-state index in [2.05, 4.69) is 4.90 Å². The number of halogens is 2. The van der Waals surface area contributed by atoms with E-state index in [4.69, 9.17) is 17.3 Å². The van der Waals surface area contributed by atoms with E-state index in [-0.39, 0.29) is 17.0 Å². The van der Waals surface area contributed by atoms with Gasteiger partial charge in [0.05, 0.1) is 11.1 Å². The van der Waals surface area contributed by atoms with Gasteiger partial charge >= 0.3 is 0 Å². The van der Waals surface area contributed by atoms with E-state index >= 15 is 0 Å². The highest BCUT2D eigenvalue weighted by Gasteiger charge is 2.28. The molecule has 2 rings (SSSR count). The smallest absolute Gasteiger partial charge is 0.254 e. The maximum absolute atomic E-state index is 13.1. The van der Waals surface area contributed by atoms with Crippen molar-refractivity contribution in [3.05, 3.63) is 34.6 Å². The van der Waals surface area contributed by atoms with Gasteiger partial charge in [-0.1, -0.05) is 11.6 Å². The number of nitrogens with two attached hydrogens (primary N) is 1. The molecule has 1 aromatic rings. The lowest BCUT2D eigenvalue weighted by molar-refractivity contribution is 0.0516. The molecule has 1 unspecified atom stereocenters. The molecule has 0 bridgehead atoms. The van der Waals surface area contributed by atoms with Crippen LogP contribution in [0.5, 0.6) is 0 Å². The minimum absolute atomic E-state index is 0.0184. The fourth-order valence-electron chi connectivity index (χ4n) is 2.27. The third-order valence-corrected chi connectivity index (χ3v) is 3.67. The van der Waals surface area contributed by atoms with Crippen LogP contribution in [0.2, 0.25) is 5.02 Å². The molecule has 6 heteroatoms. The van der Waals surface area contributed by atoms with E-state index in [1.165, 1.54) is 18.2 Å². The number of benzene rings is 1. The predicted molar refractivity (Wildman–Crippen MR) is 72.8 cm³/mol. The number of piperazine rings is 1. The van der Waals surface area contributed by atoms with E-state index in [1.807, 2.05) is 7.05 Å². The normalized spacial score (nSPS) is 20.6. The molecule has 0 radical (unpaired) electrons. The van der Waals surface area contributed by atoms with Gasteiger partial charge in [-0.15, -0.1) is 0 Å². The molecule has 1 saturated heterocycles. The zero-order valence-corrected chi connectivity index (χ0v) is 11.5. The van der Waals surface area contributed by atoms with E-state index in [0.29, 0.717) is 18.7 Å². The van der Waals surface area contributed by atoms with Gasteiger partial charge in [-0.2, -0.15) is 0 Å². The number of hydrogen-bond donors (Lipinski definition) is 1. The second-order valence-corrected chi connectivity index (χ2v) is 5.19. The first-order valence-electron chi connectivity index (χ1n) is 6.17. The quantitative estimate of drug-likeness (QED) is 0.888. The van der Waals surface area contributed by atoms with Gasteiger partial charge in [-0.05, 0) is 25.2 Å². The molecule has 19 heavy (non-hydrogen) atoms. The summed E-state index contributed by atoms with van der Waals surface area (Å²) in [7, 11) is 2.00. The van der Waals surface area contributed by atoms with Crippen molar-refractivity contribution in [1.29, 1.82) is 0 Å². The standard InChI is InChI=1S/C13H17ClFN3O/c1-17-4-5-18(10(7-16)8-17)13(19)9-2-3-12(15)11(14)6-9/h2-3,6,10H,4-5,7-8,16H2,1H3. The molecule has 1 amide bonds. The summed E-state index contributed by atoms with van der Waals surface area (Å²) in [5.41, 5.74) is 6.12. The minimum atomic E-state index is -0.521. The maximum Gasteiger partial charge on any atom is 0.254 e. The topological polar surface area (TPSA) is 49.6 Å². The number of carbonyl (C=O) groups is 1. The molecule has 2 N–H and O–H groups in total. The third kappa shape index (κ3) is 3.05. The Morgan fingerprint density at radius 3 is 2.89 bits per heavy atom. The average Bonchev–Trinajstić information content (AvgIpc) is 2.41. The monoisotopic (exact) mass is 285 g/mol. The van der Waals surface area contributed by atoms with Crippen molar-refractivity contribution in [1.82, 2.24) is 9.80 Å². The molecule has 104 valence electrons. The molecule has 0 aromatic heterocycles. The highest BCUT2D eigenvalue weighted by Crippen LogP contribution is 2.19. The molecule has 1 atom stereocenters. The van der Waals surface area contributed by atoms with Crippen molar-refractivity contribution in [2.75, 3.05) is 33.2 Å². The van der Waals surface area contributed by atoms with Gasteiger partial charge in [-0.3, -0.25) is 4.79 Å². The Morgan fingerprint density at radius 2 is 2.26 bits per heavy atom. The molecule has 1 aromatic carbocycles. The Hall–Kier alpha value is -1.17. The van der Waals surface area contributed by atoms with Crippen molar-refractivity contribution in [2.45, 2.75) is 6.04 Å². The Kier molecular flexibility index (Phi) is 4.39. The van der Waals surface area contributed by atoms with Crippen molar-refractivity contribution >= 4 is 17.5 Å². The lowest BCUT2D eigenvalue weighted by Gasteiger charge is -2.39. The largest absolute Gasteiger partial charge is 0.332 e. The summed E-state index contributed by atoms with van der Waals surface area (Å²) in [6, 6.07) is 4.01. The van der Waals surface area contributed by atoms with Crippen molar-refractivity contribution in [2.24, 2.45) is 5.73 Å². The van der Waals surface area contributed by atoms with Gasteiger partial charge in [0.25, 0.3) is 5.91 Å². The SMILES string of the molecule is CN1CCN(C(=O)c2ccc(F)c(Cl)c2)C(CN)C1. The zero-order chi connectivity index (χ0) is 14.0. The van der Waals surface area contributed by atoms with Gasteiger partial charge in [0.15, 0.2) is 0 Å². The van der Waals surface area contributed by atoms with Crippen molar-refractivity contribution in [3.63, 3.8) is 0 Å². The van der Waals surface area contributed by atoms with Crippen LogP contribution in [0.1, 0.15) is 10.4 Å². The Labute approximate surface area is 116 Å². The first-order valence-corrected chi connectivity index (χ1v) is 6.55. The van der Waals surface area contributed by atoms with Crippen LogP contribution in [0, 0.1) is 5.82 Å². The number of carbonyl (C=O) groups excluding carboxylic acids is 1. The number of likely N-dealkylation sites (N-methyl/N-ethyl adjacent to an activating group) is 1. The third-order valence-electron chi connectivity index (χ3n) is 3.39. The average molecular weight is 286 g/mol. The molecule has 0 spiro atoms. The van der Waals surface area contributed by atoms with Gasteiger partial charge < -0.3 is 15.5 Å². The molecular weight excluding hydrogens is 269 g/mol. The van der Waals surface area contributed by atoms with Gasteiger partial charge in [-0.25, -0.2) is 4.39 Å². The first kappa shape index (κ1) is 14.2. The van der Waals surface area contributed by atoms with E-state index < -0.39 is 5.82 Å². The highest BCUT2D eigenvalue weighted by molar-refractivity contribution is 6.31. The molecule has 1 fully saturated rings. The lowest BCUT2D eigenvalue weighted by atomic mass is 10.1. The molecule has 1 aliphatic heterocycles. The first-order chi connectivity index (χ1) is 9.02. The zero-order valence-electron chi connectivity index (χ0n) is 10.8. The minimum Gasteiger partial charge on any atom is -0.332 e. The summed E-state index contributed by atoms with van der Waals surface area (Å²) in [5, 5.41) is -0.0377. The second-order valence-electron chi connectivity index (χ2n) is 4.78. The molecule has 1 aliphatic rings. The second kappa shape index (κ2) is 5.86. The van der Waals surface area contributed by atoms with Crippen LogP contribution in [0.4, 0.5) is 4.39 Å². The van der Waals surface area contributed by atoms with Crippen LogP contribution >= 0.6 is 11.6 Å². The van der Waals surface area contributed by atoms with Gasteiger partial charge in [0.2, 0.25) is 0 Å². The van der Waals surface area contributed by atoms with Crippen LogP contribution in [0.15, 0.2) is 18.2 Å². The maximum atomic E-state index is 13.1. The summed E-state index contributed by atoms with van der Waals surface area (Å²) in [4.78, 5) is 16.3. The van der Waals surface area contributed by atoms with Crippen LogP contribution in [-0.4, -0.2) is 55.0 Å². The molecule has 0 saturated carbocycles. The summed E-state index contributed by atoms with van der Waals surface area (Å²) >= 11 is 5.71. The number of amides is 1. The van der Waals surface area contributed by atoms with Crippen LogP contribution in [0.3, 0.4) is 0 Å². The van der Waals surface area contributed by atoms with Crippen LogP contribution < -0.4 is 5.73 Å². The van der Waals surface area contributed by atoms with Crippen molar-refractivity contribution < 1.29 is 9.18 Å². The summed E-state index contributed by atoms with van der Waals surface area (Å²) in [5.74, 6) is -0.669. The van der Waals surface area contributed by atoms with E-state index in [1.54, 1.807) is 4.90 Å². The molecule has 0 aliphatic carbocycles. The predicted octanol–water partition coefficient (Wildman–Crippen LogP) is 1.19. The Bertz CT molecular complexity index is 483. The molecule has 1 heterocycles. The molecular formula is C13H17ClFN3O. The summed E-state index contributed by atoms with van der Waals surface area (Å²) in [6.07, 6.45) is 0. The van der Waals surface area contributed by atoms with Gasteiger partial charge in [0, 0.05) is 31.7 Å². The van der Waals surface area contributed by atoms with Crippen molar-refractivity contribution in [3.8, 4) is 0 Å². The van der Waals surface area contributed by atoms with E-state index in [0.717, 1.165) is 13.1 Å². The lowest BCUT2D eigenvalue weighted by Crippen LogP contribution is -2.56. The number of nitrogens with zero attached hydrogens (tertiary/aromatic N) is 2. The Balaban J connectivity index is 2.20. The number of rotatable bonds is 2. The van der Waals surface area contributed by atoms with Gasteiger partial charge in [0.1, 0.15) is 5.82 Å².